The topological polar surface area (TPSA) is 81.2 Å². The molecule has 0 aromatic carbocycles. The van der Waals surface area contributed by atoms with Gasteiger partial charge in [-0.2, -0.15) is 4.37 Å². The van der Waals surface area contributed by atoms with Crippen LogP contribution in [0.2, 0.25) is 0 Å². The van der Waals surface area contributed by atoms with Crippen LogP contribution in [0.25, 0.3) is 0 Å². The predicted octanol–water partition coefficient (Wildman–Crippen LogP) is 3.85. The summed E-state index contributed by atoms with van der Waals surface area (Å²) in [5.74, 6) is -0.384. The molecule has 0 saturated heterocycles. The Morgan fingerprint density at radius 2 is 2.08 bits per heavy atom. The highest BCUT2D eigenvalue weighted by molar-refractivity contribution is 8.01. The summed E-state index contributed by atoms with van der Waals surface area (Å²) in [7, 11) is 0. The van der Waals surface area contributed by atoms with Crippen LogP contribution >= 0.6 is 46.4 Å². The number of thioether (sulfide) groups is 2. The SMILES string of the molecule is CCOC(=O)c1c(NC(=O)CSc2nc(SC)ns2)sc(C)c1C. The molecule has 0 aliphatic heterocycles. The molecule has 0 aliphatic carbocycles. The van der Waals surface area contributed by atoms with Crippen LogP contribution in [0.4, 0.5) is 5.00 Å². The molecule has 130 valence electrons. The van der Waals surface area contributed by atoms with Crippen LogP contribution < -0.4 is 5.32 Å². The number of nitrogens with zero attached hydrogens (tertiary/aromatic N) is 2. The average molecular weight is 404 g/mol. The van der Waals surface area contributed by atoms with E-state index in [2.05, 4.69) is 14.7 Å². The second-order valence-electron chi connectivity index (χ2n) is 4.59. The molecule has 1 amide bonds. The first-order chi connectivity index (χ1) is 11.5. The van der Waals surface area contributed by atoms with E-state index in [0.29, 0.717) is 22.3 Å². The lowest BCUT2D eigenvalue weighted by Gasteiger charge is -2.06. The average Bonchev–Trinajstić information content (AvgIpc) is 3.11. The zero-order chi connectivity index (χ0) is 17.7. The molecule has 2 rings (SSSR count). The Balaban J connectivity index is 2.03. The third-order valence-electron chi connectivity index (χ3n) is 3.02. The minimum Gasteiger partial charge on any atom is -0.462 e. The number of hydrogen-bond acceptors (Lipinski definition) is 9. The van der Waals surface area contributed by atoms with E-state index in [9.17, 15) is 9.59 Å². The van der Waals surface area contributed by atoms with Crippen LogP contribution in [-0.2, 0) is 9.53 Å². The van der Waals surface area contributed by atoms with Crippen molar-refractivity contribution in [3.63, 3.8) is 0 Å². The Morgan fingerprint density at radius 3 is 2.71 bits per heavy atom. The molecule has 0 saturated carbocycles. The normalized spacial score (nSPS) is 10.7. The fourth-order valence-electron chi connectivity index (χ4n) is 1.79. The minimum absolute atomic E-state index is 0.187. The van der Waals surface area contributed by atoms with E-state index in [4.69, 9.17) is 4.74 Å². The Bertz CT molecular complexity index is 742. The smallest absolute Gasteiger partial charge is 0.341 e. The lowest BCUT2D eigenvalue weighted by atomic mass is 10.1. The highest BCUT2D eigenvalue weighted by Gasteiger charge is 2.22. The van der Waals surface area contributed by atoms with Crippen LogP contribution in [0.15, 0.2) is 9.50 Å². The number of carbonyl (C=O) groups excluding carboxylic acids is 2. The highest BCUT2D eigenvalue weighted by Crippen LogP contribution is 2.33. The van der Waals surface area contributed by atoms with Crippen molar-refractivity contribution in [2.24, 2.45) is 0 Å². The second-order valence-corrected chi connectivity index (χ2v) is 8.56. The first-order valence-corrected chi connectivity index (χ1v) is 10.8. The molecular weight excluding hydrogens is 386 g/mol. The van der Waals surface area contributed by atoms with E-state index < -0.39 is 5.97 Å². The number of anilines is 1. The predicted molar refractivity (Wildman–Crippen MR) is 101 cm³/mol. The summed E-state index contributed by atoms with van der Waals surface area (Å²) in [5.41, 5.74) is 1.29. The van der Waals surface area contributed by atoms with Crippen molar-refractivity contribution >= 4 is 63.3 Å². The number of amides is 1. The van der Waals surface area contributed by atoms with Crippen LogP contribution in [0.5, 0.6) is 0 Å². The van der Waals surface area contributed by atoms with Gasteiger partial charge in [0.15, 0.2) is 4.34 Å². The summed E-state index contributed by atoms with van der Waals surface area (Å²) in [4.78, 5) is 29.6. The zero-order valence-corrected chi connectivity index (χ0v) is 16.9. The van der Waals surface area contributed by atoms with Crippen LogP contribution in [0, 0.1) is 13.8 Å². The molecule has 2 aromatic rings. The number of aryl methyl sites for hydroxylation is 1. The molecule has 0 radical (unpaired) electrons. The van der Waals surface area contributed by atoms with Gasteiger partial charge in [-0.05, 0) is 44.1 Å². The molecule has 0 bridgehead atoms. The summed E-state index contributed by atoms with van der Waals surface area (Å²) in [6.45, 7) is 5.82. The highest BCUT2D eigenvalue weighted by atomic mass is 32.2. The number of ether oxygens (including phenoxy) is 1. The number of thiophene rings is 1. The summed E-state index contributed by atoms with van der Waals surface area (Å²) in [6.07, 6.45) is 1.90. The molecule has 2 aromatic heterocycles. The van der Waals surface area contributed by atoms with E-state index in [1.54, 1.807) is 6.92 Å². The van der Waals surface area contributed by atoms with E-state index in [1.807, 2.05) is 20.1 Å². The zero-order valence-electron chi connectivity index (χ0n) is 13.7. The molecular formula is C14H17N3O3S4. The third kappa shape index (κ3) is 4.71. The van der Waals surface area contributed by atoms with Gasteiger partial charge in [0, 0.05) is 4.88 Å². The molecule has 0 spiro atoms. The maximum Gasteiger partial charge on any atom is 0.341 e. The van der Waals surface area contributed by atoms with Crippen molar-refractivity contribution < 1.29 is 14.3 Å². The van der Waals surface area contributed by atoms with Crippen molar-refractivity contribution in [2.45, 2.75) is 30.3 Å². The fraction of sp³-hybridized carbons (Fsp3) is 0.429. The van der Waals surface area contributed by atoms with Crippen molar-refractivity contribution in [1.82, 2.24) is 9.36 Å². The largest absolute Gasteiger partial charge is 0.462 e. The Hall–Kier alpha value is -1.10. The lowest BCUT2D eigenvalue weighted by molar-refractivity contribution is -0.113. The molecule has 0 fully saturated rings. The monoisotopic (exact) mass is 403 g/mol. The summed E-state index contributed by atoms with van der Waals surface area (Å²) >= 11 is 5.45. The minimum atomic E-state index is -0.406. The van der Waals surface area contributed by atoms with Gasteiger partial charge in [0.2, 0.25) is 11.1 Å². The maximum atomic E-state index is 12.2. The van der Waals surface area contributed by atoms with Gasteiger partial charge in [-0.25, -0.2) is 9.78 Å². The Kier molecular flexibility index (Phi) is 7.08. The first-order valence-electron chi connectivity index (χ1n) is 7.03. The molecule has 6 nitrogen and oxygen atoms in total. The quantitative estimate of drug-likeness (QED) is 0.555. The molecule has 24 heavy (non-hydrogen) atoms. The van der Waals surface area contributed by atoms with Gasteiger partial charge in [0.05, 0.1) is 17.9 Å². The Morgan fingerprint density at radius 1 is 1.33 bits per heavy atom. The van der Waals surface area contributed by atoms with Crippen molar-refractivity contribution in [1.29, 1.82) is 0 Å². The van der Waals surface area contributed by atoms with Crippen molar-refractivity contribution in [3.05, 3.63) is 16.0 Å². The fourth-order valence-corrected chi connectivity index (χ4v) is 4.87. The molecule has 2 heterocycles. The number of hydrogen-bond donors (Lipinski definition) is 1. The van der Waals surface area contributed by atoms with E-state index in [1.165, 1.54) is 46.4 Å². The van der Waals surface area contributed by atoms with E-state index in [0.717, 1.165) is 14.8 Å². The molecule has 10 heteroatoms. The van der Waals surface area contributed by atoms with Gasteiger partial charge >= 0.3 is 5.97 Å². The second kappa shape index (κ2) is 8.84. The van der Waals surface area contributed by atoms with Crippen molar-refractivity contribution in [2.75, 3.05) is 23.9 Å². The van der Waals surface area contributed by atoms with Gasteiger partial charge in [-0.3, -0.25) is 4.79 Å². The molecule has 1 N–H and O–H groups in total. The first kappa shape index (κ1) is 19.2. The number of carbonyl (C=O) groups is 2. The van der Waals surface area contributed by atoms with Crippen molar-refractivity contribution in [3.8, 4) is 0 Å². The third-order valence-corrected chi connectivity index (χ3v) is 6.64. The van der Waals surface area contributed by atoms with E-state index in [-0.39, 0.29) is 11.7 Å². The summed E-state index contributed by atoms with van der Waals surface area (Å²) in [5, 5.41) is 4.06. The lowest BCUT2D eigenvalue weighted by Crippen LogP contribution is -2.16. The van der Waals surface area contributed by atoms with Crippen LogP contribution in [0.1, 0.15) is 27.7 Å². The number of aromatic nitrogens is 2. The Labute approximate surface area is 157 Å². The molecule has 0 unspecified atom stereocenters. The molecule has 0 aliphatic rings. The maximum absolute atomic E-state index is 12.2. The number of nitrogens with one attached hydrogen (secondary N) is 1. The number of esters is 1. The van der Waals surface area contributed by atoms with Crippen LogP contribution in [-0.4, -0.2) is 39.8 Å². The van der Waals surface area contributed by atoms with Crippen LogP contribution in [0.3, 0.4) is 0 Å². The van der Waals surface area contributed by atoms with Gasteiger partial charge < -0.3 is 10.1 Å². The van der Waals surface area contributed by atoms with Gasteiger partial charge in [0.1, 0.15) is 5.00 Å². The van der Waals surface area contributed by atoms with Gasteiger partial charge in [-0.15, -0.1) is 11.3 Å². The standard InChI is InChI=1S/C14H17N3O3S4/c1-5-20-12(19)10-7(2)8(3)23-11(10)15-9(18)6-22-14-16-13(21-4)17-24-14/h5-6H2,1-4H3,(H,15,18). The van der Waals surface area contributed by atoms with Gasteiger partial charge in [0.25, 0.3) is 0 Å². The van der Waals surface area contributed by atoms with Gasteiger partial charge in [-0.1, -0.05) is 23.5 Å². The summed E-state index contributed by atoms with van der Waals surface area (Å²) < 4.78 is 9.98. The molecule has 0 atom stereocenters. The number of rotatable bonds is 7. The van der Waals surface area contributed by atoms with E-state index >= 15 is 0 Å². The summed E-state index contributed by atoms with van der Waals surface area (Å²) in [6, 6.07) is 0.